The Bertz CT molecular complexity index is 1380. The SMILES string of the molecule is COc1ccc([C@@H]2NC(=O)C(C#N)=C(SCC(=O)Nc3ccccc3C)N2c2ccccc2)cc1OC. The van der Waals surface area contributed by atoms with Crippen molar-refractivity contribution in [3.63, 3.8) is 0 Å². The van der Waals surface area contributed by atoms with Crippen molar-refractivity contribution in [2.24, 2.45) is 0 Å². The molecule has 2 amide bonds. The number of hydrogen-bond donors (Lipinski definition) is 2. The number of amides is 2. The summed E-state index contributed by atoms with van der Waals surface area (Å²) in [5, 5.41) is 16.1. The summed E-state index contributed by atoms with van der Waals surface area (Å²) in [6.07, 6.45) is -0.659. The number of rotatable bonds is 8. The molecule has 0 aliphatic carbocycles. The Kier molecular flexibility index (Phi) is 8.01. The maximum atomic E-state index is 13.1. The Morgan fingerprint density at radius 2 is 1.76 bits per heavy atom. The lowest BCUT2D eigenvalue weighted by molar-refractivity contribution is -0.118. The molecule has 8 nitrogen and oxygen atoms in total. The van der Waals surface area contributed by atoms with Crippen molar-refractivity contribution < 1.29 is 19.1 Å². The molecule has 1 aliphatic heterocycles. The maximum absolute atomic E-state index is 13.1. The van der Waals surface area contributed by atoms with Gasteiger partial charge in [0.25, 0.3) is 5.91 Å². The summed E-state index contributed by atoms with van der Waals surface area (Å²) < 4.78 is 10.8. The van der Waals surface area contributed by atoms with E-state index in [0.29, 0.717) is 27.8 Å². The van der Waals surface area contributed by atoms with Gasteiger partial charge in [-0.05, 0) is 48.4 Å². The van der Waals surface area contributed by atoms with Crippen molar-refractivity contribution in [1.29, 1.82) is 5.26 Å². The molecular formula is C28H26N4O4S. The van der Waals surface area contributed by atoms with Crippen LogP contribution in [0.4, 0.5) is 11.4 Å². The number of hydrogen-bond acceptors (Lipinski definition) is 7. The third-order valence-electron chi connectivity index (χ3n) is 5.81. The molecule has 4 rings (SSSR count). The smallest absolute Gasteiger partial charge is 0.266 e. The van der Waals surface area contributed by atoms with E-state index in [-0.39, 0.29) is 17.2 Å². The van der Waals surface area contributed by atoms with Gasteiger partial charge in [0.05, 0.1) is 20.0 Å². The molecule has 0 bridgehead atoms. The second kappa shape index (κ2) is 11.5. The number of para-hydroxylation sites is 2. The molecule has 1 aliphatic rings. The predicted molar refractivity (Wildman–Crippen MR) is 144 cm³/mol. The van der Waals surface area contributed by atoms with Gasteiger partial charge in [0, 0.05) is 11.4 Å². The van der Waals surface area contributed by atoms with Gasteiger partial charge in [0.15, 0.2) is 11.5 Å². The summed E-state index contributed by atoms with van der Waals surface area (Å²) in [5.74, 6) is 0.297. The van der Waals surface area contributed by atoms with E-state index < -0.39 is 12.1 Å². The average Bonchev–Trinajstić information content (AvgIpc) is 2.92. The van der Waals surface area contributed by atoms with Crippen molar-refractivity contribution in [2.75, 3.05) is 30.2 Å². The molecule has 0 spiro atoms. The summed E-state index contributed by atoms with van der Waals surface area (Å²) in [6, 6.07) is 24.3. The van der Waals surface area contributed by atoms with Crippen LogP contribution in [0.3, 0.4) is 0 Å². The molecule has 0 saturated heterocycles. The molecule has 2 N–H and O–H groups in total. The minimum atomic E-state index is -0.659. The molecule has 188 valence electrons. The summed E-state index contributed by atoms with van der Waals surface area (Å²) in [4.78, 5) is 27.8. The van der Waals surface area contributed by atoms with Crippen LogP contribution in [0.15, 0.2) is 83.4 Å². The van der Waals surface area contributed by atoms with E-state index in [2.05, 4.69) is 10.6 Å². The van der Waals surface area contributed by atoms with Gasteiger partial charge in [0.2, 0.25) is 5.91 Å². The lowest BCUT2D eigenvalue weighted by atomic mass is 10.1. The second-order valence-electron chi connectivity index (χ2n) is 8.14. The molecule has 0 fully saturated rings. The van der Waals surface area contributed by atoms with Gasteiger partial charge in [-0.25, -0.2) is 0 Å². The van der Waals surface area contributed by atoms with Crippen molar-refractivity contribution in [1.82, 2.24) is 5.32 Å². The van der Waals surface area contributed by atoms with Crippen LogP contribution in [-0.2, 0) is 9.59 Å². The standard InChI is InChI=1S/C28H26N4O4S/c1-18-9-7-8-12-22(18)30-25(33)17-37-28-21(16-29)27(34)31-26(32(28)20-10-5-4-6-11-20)19-13-14-23(35-2)24(15-19)36-3/h4-15,26H,17H2,1-3H3,(H,30,33)(H,31,34)/t26-/m1/s1. The first kappa shape index (κ1) is 25.7. The number of nitriles is 1. The van der Waals surface area contributed by atoms with E-state index in [4.69, 9.17) is 9.47 Å². The number of ether oxygens (including phenoxy) is 2. The molecule has 9 heteroatoms. The van der Waals surface area contributed by atoms with Gasteiger partial charge in [-0.1, -0.05) is 54.2 Å². The van der Waals surface area contributed by atoms with Gasteiger partial charge in [0.1, 0.15) is 22.8 Å². The Hall–Kier alpha value is -4.42. The largest absolute Gasteiger partial charge is 0.493 e. The lowest BCUT2D eigenvalue weighted by Gasteiger charge is -2.39. The van der Waals surface area contributed by atoms with Crippen molar-refractivity contribution in [2.45, 2.75) is 13.1 Å². The van der Waals surface area contributed by atoms with E-state index in [9.17, 15) is 14.9 Å². The van der Waals surface area contributed by atoms with Crippen LogP contribution in [0.1, 0.15) is 17.3 Å². The molecule has 37 heavy (non-hydrogen) atoms. The van der Waals surface area contributed by atoms with Crippen LogP contribution < -0.4 is 25.0 Å². The second-order valence-corrected chi connectivity index (χ2v) is 9.10. The minimum Gasteiger partial charge on any atom is -0.493 e. The third-order valence-corrected chi connectivity index (χ3v) is 6.90. The highest BCUT2D eigenvalue weighted by Crippen LogP contribution is 2.41. The first-order valence-electron chi connectivity index (χ1n) is 11.5. The number of aryl methyl sites for hydroxylation is 1. The molecule has 0 saturated carbocycles. The average molecular weight is 515 g/mol. The van der Waals surface area contributed by atoms with Gasteiger partial charge in [-0.3, -0.25) is 9.59 Å². The molecule has 3 aromatic rings. The number of carbonyl (C=O) groups excluding carboxylic acids is 2. The molecule has 3 aromatic carbocycles. The number of carbonyl (C=O) groups is 2. The van der Waals surface area contributed by atoms with Crippen molar-refractivity contribution in [3.05, 3.63) is 94.5 Å². The van der Waals surface area contributed by atoms with E-state index in [1.165, 1.54) is 7.11 Å². The first-order valence-corrected chi connectivity index (χ1v) is 12.4. The number of nitrogens with one attached hydrogen (secondary N) is 2. The maximum Gasteiger partial charge on any atom is 0.266 e. The molecular weight excluding hydrogens is 488 g/mol. The first-order chi connectivity index (χ1) is 18.0. The Labute approximate surface area is 219 Å². The highest BCUT2D eigenvalue weighted by Gasteiger charge is 2.36. The number of methoxy groups -OCH3 is 2. The molecule has 0 radical (unpaired) electrons. The van der Waals surface area contributed by atoms with E-state index in [1.54, 1.807) is 19.2 Å². The van der Waals surface area contributed by atoms with Gasteiger partial charge >= 0.3 is 0 Å². The van der Waals surface area contributed by atoms with Gasteiger partial charge in [-0.15, -0.1) is 0 Å². The number of thioether (sulfide) groups is 1. The van der Waals surface area contributed by atoms with E-state index in [1.807, 2.05) is 78.6 Å². The van der Waals surface area contributed by atoms with Crippen LogP contribution in [0.25, 0.3) is 0 Å². The van der Waals surface area contributed by atoms with E-state index in [0.717, 1.165) is 23.0 Å². The normalized spacial score (nSPS) is 15.0. The van der Waals surface area contributed by atoms with Gasteiger partial charge < -0.3 is 25.0 Å². The topological polar surface area (TPSA) is 104 Å². The molecule has 1 atom stereocenters. The zero-order valence-electron chi connectivity index (χ0n) is 20.6. The predicted octanol–water partition coefficient (Wildman–Crippen LogP) is 4.75. The minimum absolute atomic E-state index is 0.00408. The van der Waals surface area contributed by atoms with Crippen LogP contribution in [0.2, 0.25) is 0 Å². The summed E-state index contributed by atoms with van der Waals surface area (Å²) in [6.45, 7) is 1.91. The van der Waals surface area contributed by atoms with Crippen LogP contribution >= 0.6 is 11.8 Å². The van der Waals surface area contributed by atoms with Gasteiger partial charge in [-0.2, -0.15) is 5.26 Å². The van der Waals surface area contributed by atoms with Crippen LogP contribution in [-0.4, -0.2) is 31.8 Å². The zero-order chi connectivity index (χ0) is 26.4. The fraction of sp³-hybridized carbons (Fsp3) is 0.179. The summed E-state index contributed by atoms with van der Waals surface area (Å²) >= 11 is 1.14. The van der Waals surface area contributed by atoms with Crippen molar-refractivity contribution in [3.8, 4) is 17.6 Å². The summed E-state index contributed by atoms with van der Waals surface area (Å²) in [5.41, 5.74) is 3.06. The fourth-order valence-electron chi connectivity index (χ4n) is 3.98. The van der Waals surface area contributed by atoms with Crippen LogP contribution in [0.5, 0.6) is 11.5 Å². The molecule has 0 aromatic heterocycles. The number of nitrogens with zero attached hydrogens (tertiary/aromatic N) is 2. The van der Waals surface area contributed by atoms with Crippen LogP contribution in [0, 0.1) is 18.3 Å². The Morgan fingerprint density at radius 3 is 2.43 bits per heavy atom. The quantitative estimate of drug-likeness (QED) is 0.447. The Balaban J connectivity index is 1.71. The number of anilines is 2. The monoisotopic (exact) mass is 514 g/mol. The zero-order valence-corrected chi connectivity index (χ0v) is 21.5. The lowest BCUT2D eigenvalue weighted by Crippen LogP contribution is -2.46. The fourth-order valence-corrected chi connectivity index (χ4v) is 4.95. The Morgan fingerprint density at radius 1 is 1.05 bits per heavy atom. The highest BCUT2D eigenvalue weighted by molar-refractivity contribution is 8.03. The van der Waals surface area contributed by atoms with Crippen molar-refractivity contribution >= 4 is 35.0 Å². The number of benzene rings is 3. The highest BCUT2D eigenvalue weighted by atomic mass is 32.2. The van der Waals surface area contributed by atoms with E-state index >= 15 is 0 Å². The third kappa shape index (κ3) is 5.55. The molecule has 0 unspecified atom stereocenters. The molecule has 1 heterocycles. The summed E-state index contributed by atoms with van der Waals surface area (Å²) in [7, 11) is 3.09.